The second-order valence-corrected chi connectivity index (χ2v) is 5.34. The van der Waals surface area contributed by atoms with Crippen LogP contribution in [0, 0.1) is 5.92 Å². The molecule has 0 radical (unpaired) electrons. The molecule has 2 rings (SSSR count). The monoisotopic (exact) mass is 226 g/mol. The number of rotatable bonds is 7. The predicted octanol–water partition coefficient (Wildman–Crippen LogP) is 1.49. The van der Waals surface area contributed by atoms with E-state index in [2.05, 4.69) is 17.1 Å². The zero-order valence-electron chi connectivity index (χ0n) is 10.7. The molecule has 1 aliphatic carbocycles. The lowest BCUT2D eigenvalue weighted by Crippen LogP contribution is -2.48. The molecule has 94 valence electrons. The van der Waals surface area contributed by atoms with Gasteiger partial charge in [-0.25, -0.2) is 0 Å². The lowest BCUT2D eigenvalue weighted by Gasteiger charge is -2.34. The van der Waals surface area contributed by atoms with E-state index in [4.69, 9.17) is 4.74 Å². The fraction of sp³-hybridized carbons (Fsp3) is 1.00. The lowest BCUT2D eigenvalue weighted by molar-refractivity contribution is 0.0689. The summed E-state index contributed by atoms with van der Waals surface area (Å²) in [5, 5.41) is 3.53. The van der Waals surface area contributed by atoms with Crippen LogP contribution >= 0.6 is 0 Å². The number of methoxy groups -OCH3 is 1. The molecule has 1 saturated carbocycles. The van der Waals surface area contributed by atoms with Crippen molar-refractivity contribution in [3.05, 3.63) is 0 Å². The summed E-state index contributed by atoms with van der Waals surface area (Å²) in [6.07, 6.45) is 5.53. The molecule has 1 heterocycles. The van der Waals surface area contributed by atoms with E-state index in [-0.39, 0.29) is 0 Å². The maximum absolute atomic E-state index is 5.37. The van der Waals surface area contributed by atoms with Gasteiger partial charge in [-0.3, -0.25) is 4.90 Å². The molecule has 3 heteroatoms. The van der Waals surface area contributed by atoms with Crippen LogP contribution < -0.4 is 5.32 Å². The van der Waals surface area contributed by atoms with Crippen LogP contribution in [-0.2, 0) is 4.74 Å². The summed E-state index contributed by atoms with van der Waals surface area (Å²) in [7, 11) is 1.82. The van der Waals surface area contributed by atoms with E-state index in [0.717, 1.165) is 31.7 Å². The van der Waals surface area contributed by atoms with Crippen LogP contribution in [0.5, 0.6) is 0 Å². The molecule has 3 nitrogen and oxygen atoms in total. The smallest absolute Gasteiger partial charge is 0.0630 e. The van der Waals surface area contributed by atoms with E-state index in [0.29, 0.717) is 6.04 Å². The van der Waals surface area contributed by atoms with Gasteiger partial charge in [0.1, 0.15) is 0 Å². The molecular weight excluding hydrogens is 200 g/mol. The van der Waals surface area contributed by atoms with E-state index in [1.807, 2.05) is 7.11 Å². The summed E-state index contributed by atoms with van der Waals surface area (Å²) in [6.45, 7) is 6.62. The summed E-state index contributed by atoms with van der Waals surface area (Å²) in [5.41, 5.74) is 0. The van der Waals surface area contributed by atoms with Gasteiger partial charge in [-0.2, -0.15) is 0 Å². The Labute approximate surface area is 99.5 Å². The van der Waals surface area contributed by atoms with E-state index >= 15 is 0 Å². The number of nitrogens with zero attached hydrogens (tertiary/aromatic N) is 1. The first-order valence-corrected chi connectivity index (χ1v) is 6.80. The number of hydrogen-bond acceptors (Lipinski definition) is 3. The number of likely N-dealkylation sites (tertiary alicyclic amines) is 1. The van der Waals surface area contributed by atoms with Crippen molar-refractivity contribution in [2.45, 2.75) is 44.7 Å². The number of ether oxygens (including phenoxy) is 1. The quantitative estimate of drug-likeness (QED) is 0.666. The van der Waals surface area contributed by atoms with Crippen molar-refractivity contribution in [3.8, 4) is 0 Å². The minimum Gasteiger partial charge on any atom is -0.383 e. The highest BCUT2D eigenvalue weighted by atomic mass is 16.5. The first-order valence-electron chi connectivity index (χ1n) is 6.80. The van der Waals surface area contributed by atoms with Crippen LogP contribution in [-0.4, -0.2) is 50.3 Å². The van der Waals surface area contributed by atoms with Gasteiger partial charge in [-0.15, -0.1) is 0 Å². The summed E-state index contributed by atoms with van der Waals surface area (Å²) >= 11 is 0. The Morgan fingerprint density at radius 1 is 1.44 bits per heavy atom. The molecule has 3 unspecified atom stereocenters. The normalized spacial score (nSPS) is 31.1. The summed E-state index contributed by atoms with van der Waals surface area (Å²) in [6, 6.07) is 1.44. The van der Waals surface area contributed by atoms with Crippen LogP contribution in [0.15, 0.2) is 0 Å². The Morgan fingerprint density at radius 2 is 2.31 bits per heavy atom. The Balaban J connectivity index is 1.81. The van der Waals surface area contributed by atoms with Crippen molar-refractivity contribution in [3.63, 3.8) is 0 Å². The van der Waals surface area contributed by atoms with Crippen molar-refractivity contribution < 1.29 is 4.74 Å². The van der Waals surface area contributed by atoms with Crippen molar-refractivity contribution in [1.82, 2.24) is 10.2 Å². The topological polar surface area (TPSA) is 24.5 Å². The standard InChI is InChI=1S/C13H26N2O/c1-3-6-14-8-13(10-16-2)15-9-11-4-5-12(15)7-11/h11-14H,3-10H2,1-2H3. The molecule has 0 spiro atoms. The summed E-state index contributed by atoms with van der Waals surface area (Å²) in [5.74, 6) is 0.982. The minimum atomic E-state index is 0.590. The summed E-state index contributed by atoms with van der Waals surface area (Å²) in [4.78, 5) is 2.69. The highest BCUT2D eigenvalue weighted by Crippen LogP contribution is 2.38. The molecule has 0 aromatic carbocycles. The Bertz CT molecular complexity index is 210. The van der Waals surface area contributed by atoms with Crippen LogP contribution in [0.4, 0.5) is 0 Å². The van der Waals surface area contributed by atoms with Gasteiger partial charge in [0.15, 0.2) is 0 Å². The number of fused-ring (bicyclic) bond motifs is 2. The highest BCUT2D eigenvalue weighted by molar-refractivity contribution is 4.95. The molecule has 1 aliphatic heterocycles. The Hall–Kier alpha value is -0.120. The molecule has 1 saturated heterocycles. The largest absolute Gasteiger partial charge is 0.383 e. The molecule has 16 heavy (non-hydrogen) atoms. The van der Waals surface area contributed by atoms with Crippen LogP contribution in [0.1, 0.15) is 32.6 Å². The predicted molar refractivity (Wildman–Crippen MR) is 66.7 cm³/mol. The van der Waals surface area contributed by atoms with Crippen molar-refractivity contribution >= 4 is 0 Å². The molecule has 2 fully saturated rings. The third-order valence-electron chi connectivity index (χ3n) is 4.09. The molecule has 2 aliphatic rings. The van der Waals surface area contributed by atoms with E-state index in [1.165, 1.54) is 32.2 Å². The fourth-order valence-corrected chi connectivity index (χ4v) is 3.32. The average molecular weight is 226 g/mol. The molecule has 3 atom stereocenters. The zero-order chi connectivity index (χ0) is 11.4. The zero-order valence-corrected chi connectivity index (χ0v) is 10.7. The van der Waals surface area contributed by atoms with Gasteiger partial charge in [0.05, 0.1) is 6.61 Å². The number of piperidine rings is 1. The van der Waals surface area contributed by atoms with Crippen molar-refractivity contribution in [2.75, 3.05) is 33.4 Å². The summed E-state index contributed by atoms with van der Waals surface area (Å²) < 4.78 is 5.37. The second kappa shape index (κ2) is 5.99. The van der Waals surface area contributed by atoms with E-state index < -0.39 is 0 Å². The first-order chi connectivity index (χ1) is 7.85. The SMILES string of the molecule is CCCNCC(COC)N1CC2CCC1C2. The maximum atomic E-state index is 5.37. The molecular formula is C13H26N2O. The van der Waals surface area contributed by atoms with E-state index in [1.54, 1.807) is 0 Å². The van der Waals surface area contributed by atoms with E-state index in [9.17, 15) is 0 Å². The molecule has 0 amide bonds. The van der Waals surface area contributed by atoms with Crippen LogP contribution in [0.3, 0.4) is 0 Å². The van der Waals surface area contributed by atoms with Gasteiger partial charge in [0.2, 0.25) is 0 Å². The van der Waals surface area contributed by atoms with Gasteiger partial charge in [-0.1, -0.05) is 6.92 Å². The Kier molecular flexibility index (Phi) is 4.62. The second-order valence-electron chi connectivity index (χ2n) is 5.34. The molecule has 1 N–H and O–H groups in total. The van der Waals surface area contributed by atoms with Gasteiger partial charge in [0.25, 0.3) is 0 Å². The van der Waals surface area contributed by atoms with Gasteiger partial charge >= 0.3 is 0 Å². The van der Waals surface area contributed by atoms with Crippen LogP contribution in [0.25, 0.3) is 0 Å². The number of nitrogens with one attached hydrogen (secondary N) is 1. The van der Waals surface area contributed by atoms with Crippen molar-refractivity contribution in [1.29, 1.82) is 0 Å². The van der Waals surface area contributed by atoms with Crippen LogP contribution in [0.2, 0.25) is 0 Å². The minimum absolute atomic E-state index is 0.590. The van der Waals surface area contributed by atoms with Gasteiger partial charge < -0.3 is 10.1 Å². The number of hydrogen-bond donors (Lipinski definition) is 1. The average Bonchev–Trinajstić information content (AvgIpc) is 2.90. The Morgan fingerprint density at radius 3 is 2.88 bits per heavy atom. The molecule has 0 aromatic rings. The third kappa shape index (κ3) is 2.76. The molecule has 0 aromatic heterocycles. The molecule has 2 bridgehead atoms. The highest BCUT2D eigenvalue weighted by Gasteiger charge is 2.40. The van der Waals surface area contributed by atoms with Gasteiger partial charge in [-0.05, 0) is 38.1 Å². The first kappa shape index (κ1) is 12.3. The third-order valence-corrected chi connectivity index (χ3v) is 4.09. The maximum Gasteiger partial charge on any atom is 0.0630 e. The fourth-order valence-electron chi connectivity index (χ4n) is 3.32. The van der Waals surface area contributed by atoms with Crippen molar-refractivity contribution in [2.24, 2.45) is 5.92 Å². The van der Waals surface area contributed by atoms with Gasteiger partial charge in [0, 0.05) is 32.3 Å². The lowest BCUT2D eigenvalue weighted by atomic mass is 10.1.